The molecule has 3 unspecified atom stereocenters. The molecule has 188 valence electrons. The maximum Gasteiger partial charge on any atom is 0.310 e. The predicted octanol–water partition coefficient (Wildman–Crippen LogP) is 3.44. The van der Waals surface area contributed by atoms with Gasteiger partial charge in [0.2, 0.25) is 5.91 Å². The summed E-state index contributed by atoms with van der Waals surface area (Å²) in [6.07, 6.45) is 4.37. The summed E-state index contributed by atoms with van der Waals surface area (Å²) in [6.45, 7) is 7.59. The molecule has 3 aliphatic heterocycles. The van der Waals surface area contributed by atoms with Crippen LogP contribution >= 0.6 is 39.3 Å². The van der Waals surface area contributed by atoms with Crippen LogP contribution in [-0.2, 0) is 19.1 Å². The predicted molar refractivity (Wildman–Crippen MR) is 141 cm³/mol. The Kier molecular flexibility index (Phi) is 8.00. The van der Waals surface area contributed by atoms with Gasteiger partial charge in [-0.2, -0.15) is 0 Å². The molecule has 35 heavy (non-hydrogen) atoms. The fraction of sp³-hybridized carbons (Fsp3) is 0.480. The minimum absolute atomic E-state index is 0.00640. The SMILES string of the molecule is C=CCCOC(=O)[C@H]1[C@H]2C(=O)N(CCO)C(C(=O)N(CC=C)c3ccc(Cl)cc3)C23CC(Br)[C@@H]1S3. The number of ether oxygens (including phenoxy) is 1. The number of thioether (sulfide) groups is 1. The molecule has 3 saturated heterocycles. The number of aliphatic hydroxyl groups is 1. The molecule has 2 amide bonds. The van der Waals surface area contributed by atoms with Crippen molar-refractivity contribution in [2.45, 2.75) is 33.7 Å². The summed E-state index contributed by atoms with van der Waals surface area (Å²) >= 11 is 11.3. The third-order valence-corrected chi connectivity index (χ3v) is 10.4. The van der Waals surface area contributed by atoms with Crippen LogP contribution in [0.4, 0.5) is 5.69 Å². The van der Waals surface area contributed by atoms with Crippen molar-refractivity contribution in [1.29, 1.82) is 0 Å². The number of amides is 2. The normalized spacial score (nSPS) is 30.8. The van der Waals surface area contributed by atoms with E-state index < -0.39 is 28.6 Å². The third-order valence-electron chi connectivity index (χ3n) is 6.92. The van der Waals surface area contributed by atoms with E-state index in [0.717, 1.165) is 0 Å². The highest BCUT2D eigenvalue weighted by Gasteiger charge is 2.76. The quantitative estimate of drug-likeness (QED) is 0.197. The van der Waals surface area contributed by atoms with E-state index in [1.54, 1.807) is 41.3 Å². The first-order chi connectivity index (χ1) is 16.8. The summed E-state index contributed by atoms with van der Waals surface area (Å²) in [5.41, 5.74) is 0.629. The van der Waals surface area contributed by atoms with Gasteiger partial charge >= 0.3 is 5.97 Å². The molecule has 2 bridgehead atoms. The lowest BCUT2D eigenvalue weighted by molar-refractivity contribution is -0.154. The Morgan fingerprint density at radius 1 is 1.31 bits per heavy atom. The molecule has 1 N–H and O–H groups in total. The van der Waals surface area contributed by atoms with E-state index in [4.69, 9.17) is 16.3 Å². The summed E-state index contributed by atoms with van der Waals surface area (Å²) in [6, 6.07) is 6.05. The van der Waals surface area contributed by atoms with Gasteiger partial charge in [0.1, 0.15) is 6.04 Å². The van der Waals surface area contributed by atoms with Crippen molar-refractivity contribution in [2.75, 3.05) is 31.2 Å². The van der Waals surface area contributed by atoms with Gasteiger partial charge in [-0.1, -0.05) is 39.7 Å². The Labute approximate surface area is 222 Å². The highest BCUT2D eigenvalue weighted by atomic mass is 79.9. The number of aliphatic hydroxyl groups excluding tert-OH is 1. The van der Waals surface area contributed by atoms with E-state index in [0.29, 0.717) is 23.6 Å². The molecule has 6 atom stereocenters. The van der Waals surface area contributed by atoms with Crippen molar-refractivity contribution >= 4 is 62.8 Å². The first-order valence-electron chi connectivity index (χ1n) is 11.5. The number of carbonyl (C=O) groups excluding carboxylic acids is 3. The number of hydrogen-bond donors (Lipinski definition) is 1. The van der Waals surface area contributed by atoms with E-state index >= 15 is 0 Å². The van der Waals surface area contributed by atoms with Gasteiger partial charge in [0, 0.05) is 33.9 Å². The maximum atomic E-state index is 14.2. The van der Waals surface area contributed by atoms with Crippen LogP contribution in [0, 0.1) is 11.8 Å². The van der Waals surface area contributed by atoms with E-state index in [2.05, 4.69) is 29.1 Å². The minimum Gasteiger partial charge on any atom is -0.465 e. The van der Waals surface area contributed by atoms with Gasteiger partial charge < -0.3 is 19.6 Å². The van der Waals surface area contributed by atoms with Crippen LogP contribution in [0.1, 0.15) is 12.8 Å². The molecule has 7 nitrogen and oxygen atoms in total. The number of hydrogen-bond acceptors (Lipinski definition) is 6. The Morgan fingerprint density at radius 3 is 2.66 bits per heavy atom. The summed E-state index contributed by atoms with van der Waals surface area (Å²) in [4.78, 5) is 44.0. The number of alkyl halides is 1. The number of benzene rings is 1. The van der Waals surface area contributed by atoms with Gasteiger partial charge in [0.05, 0.1) is 29.8 Å². The number of esters is 1. The molecule has 3 fully saturated rings. The lowest BCUT2D eigenvalue weighted by Crippen LogP contribution is -2.56. The zero-order valence-electron chi connectivity index (χ0n) is 19.1. The molecule has 3 aliphatic rings. The lowest BCUT2D eigenvalue weighted by Gasteiger charge is -2.37. The van der Waals surface area contributed by atoms with Crippen molar-refractivity contribution in [3.63, 3.8) is 0 Å². The summed E-state index contributed by atoms with van der Waals surface area (Å²) in [7, 11) is 0. The summed E-state index contributed by atoms with van der Waals surface area (Å²) in [5, 5.41) is 10.1. The van der Waals surface area contributed by atoms with Crippen molar-refractivity contribution < 1.29 is 24.2 Å². The first kappa shape index (κ1) is 26.3. The Hall–Kier alpha value is -1.81. The highest BCUT2D eigenvalue weighted by molar-refractivity contribution is 9.09. The second kappa shape index (κ2) is 10.7. The highest BCUT2D eigenvalue weighted by Crippen LogP contribution is 2.68. The van der Waals surface area contributed by atoms with Crippen LogP contribution in [-0.4, -0.2) is 75.0 Å². The second-order valence-electron chi connectivity index (χ2n) is 8.88. The van der Waals surface area contributed by atoms with E-state index in [9.17, 15) is 19.5 Å². The Bertz CT molecular complexity index is 1020. The monoisotopic (exact) mass is 582 g/mol. The van der Waals surface area contributed by atoms with Crippen LogP contribution < -0.4 is 4.90 Å². The van der Waals surface area contributed by atoms with Crippen molar-refractivity contribution in [3.05, 3.63) is 54.6 Å². The summed E-state index contributed by atoms with van der Waals surface area (Å²) in [5.74, 6) is -2.35. The van der Waals surface area contributed by atoms with Crippen LogP contribution in [0.5, 0.6) is 0 Å². The molecule has 4 rings (SSSR count). The van der Waals surface area contributed by atoms with E-state index in [-0.39, 0.29) is 48.2 Å². The van der Waals surface area contributed by atoms with Gasteiger partial charge in [-0.3, -0.25) is 14.4 Å². The van der Waals surface area contributed by atoms with Gasteiger partial charge in [-0.05, 0) is 37.1 Å². The molecule has 3 heterocycles. The molecular weight excluding hydrogens is 556 g/mol. The molecule has 0 saturated carbocycles. The van der Waals surface area contributed by atoms with Crippen molar-refractivity contribution in [2.24, 2.45) is 11.8 Å². The van der Waals surface area contributed by atoms with Crippen LogP contribution in [0.25, 0.3) is 0 Å². The molecule has 10 heteroatoms. The molecule has 1 spiro atoms. The number of carbonyl (C=O) groups is 3. The Balaban J connectivity index is 1.73. The molecule has 0 radical (unpaired) electrons. The fourth-order valence-corrected chi connectivity index (χ4v) is 9.31. The minimum atomic E-state index is -0.844. The third kappa shape index (κ3) is 4.45. The van der Waals surface area contributed by atoms with Crippen LogP contribution in [0.15, 0.2) is 49.6 Å². The van der Waals surface area contributed by atoms with E-state index in [1.807, 2.05) is 0 Å². The van der Waals surface area contributed by atoms with Gasteiger partial charge in [-0.25, -0.2) is 0 Å². The molecule has 1 aromatic rings. The average Bonchev–Trinajstić information content (AvgIpc) is 3.42. The van der Waals surface area contributed by atoms with Crippen LogP contribution in [0.3, 0.4) is 0 Å². The number of rotatable bonds is 10. The van der Waals surface area contributed by atoms with Crippen molar-refractivity contribution in [3.8, 4) is 0 Å². The molecule has 1 aromatic carbocycles. The topological polar surface area (TPSA) is 87.1 Å². The van der Waals surface area contributed by atoms with Crippen LogP contribution in [0.2, 0.25) is 5.02 Å². The summed E-state index contributed by atoms with van der Waals surface area (Å²) < 4.78 is 4.68. The van der Waals surface area contributed by atoms with Crippen molar-refractivity contribution in [1.82, 2.24) is 4.90 Å². The largest absolute Gasteiger partial charge is 0.465 e. The number of anilines is 1. The lowest BCUT2D eigenvalue weighted by atomic mass is 9.71. The molecule has 0 aliphatic carbocycles. The Morgan fingerprint density at radius 2 is 2.03 bits per heavy atom. The van der Waals surface area contributed by atoms with E-state index in [1.165, 1.54) is 16.7 Å². The van der Waals surface area contributed by atoms with Gasteiger partial charge in [0.15, 0.2) is 0 Å². The fourth-order valence-electron chi connectivity index (χ4n) is 5.59. The maximum absolute atomic E-state index is 14.2. The van der Waals surface area contributed by atoms with Gasteiger partial charge in [-0.15, -0.1) is 24.9 Å². The number of halogens is 2. The zero-order valence-corrected chi connectivity index (χ0v) is 22.3. The number of β-amino-alcohol motifs (C(OH)–C–C–N with tert-alkyl or cyclic N) is 1. The number of likely N-dealkylation sites (tertiary alicyclic amines) is 1. The average molecular weight is 584 g/mol. The number of fused-ring (bicyclic) bond motifs is 1. The second-order valence-corrected chi connectivity index (χ2v) is 12.0. The first-order valence-corrected chi connectivity index (χ1v) is 13.7. The molecular formula is C25H28BrClN2O5S. The van der Waals surface area contributed by atoms with Gasteiger partial charge in [0.25, 0.3) is 5.91 Å². The smallest absolute Gasteiger partial charge is 0.310 e. The number of nitrogens with zero attached hydrogens (tertiary/aromatic N) is 2. The molecule has 0 aromatic heterocycles. The zero-order chi connectivity index (χ0) is 25.3. The standard InChI is InChI=1S/C25H28BrClN2O5S/c1-3-5-13-34-24(33)18-19-22(31)29(11-12-30)21(25(19)14-17(26)20(18)35-25)23(32)28(10-4-2)16-8-6-15(27)7-9-16/h3-4,6-9,17-21,30H,1-2,5,10-14H2/t17?,18-,19-,20-,21?,25?/m0/s1.